The first-order valence-electron chi connectivity index (χ1n) is 7.82. The van der Waals surface area contributed by atoms with Crippen molar-refractivity contribution in [2.24, 2.45) is 11.8 Å². The first-order valence-corrected chi connectivity index (χ1v) is 7.82. The molecule has 1 aromatic rings. The third kappa shape index (κ3) is 1.84. The van der Waals surface area contributed by atoms with Crippen LogP contribution in [0.5, 0.6) is 0 Å². The van der Waals surface area contributed by atoms with E-state index in [1.807, 2.05) is 13.8 Å². The second-order valence-corrected chi connectivity index (χ2v) is 7.24. The van der Waals surface area contributed by atoms with Gasteiger partial charge in [-0.15, -0.1) is 0 Å². The number of imide groups is 1. The van der Waals surface area contributed by atoms with Crippen molar-refractivity contribution in [3.8, 4) is 0 Å². The molecule has 0 saturated carbocycles. The quantitative estimate of drug-likeness (QED) is 0.739. The van der Waals surface area contributed by atoms with Gasteiger partial charge in [0.2, 0.25) is 11.8 Å². The minimum absolute atomic E-state index is 0.0270. The van der Waals surface area contributed by atoms with E-state index in [9.17, 15) is 22.8 Å². The van der Waals surface area contributed by atoms with E-state index in [0.717, 1.165) is 17.0 Å². The minimum atomic E-state index is -4.53. The number of nitrogens with zero attached hydrogens (tertiary/aromatic N) is 1. The van der Waals surface area contributed by atoms with Gasteiger partial charge in [0.15, 0.2) is 0 Å². The molecule has 3 saturated heterocycles. The van der Waals surface area contributed by atoms with Gasteiger partial charge in [0.05, 0.1) is 34.3 Å². The number of amides is 2. The smallest absolute Gasteiger partial charge is 0.367 e. The fourth-order valence-corrected chi connectivity index (χ4v) is 4.54. The van der Waals surface area contributed by atoms with E-state index >= 15 is 0 Å². The van der Waals surface area contributed by atoms with Crippen LogP contribution in [0.2, 0.25) is 0 Å². The van der Waals surface area contributed by atoms with Gasteiger partial charge in [-0.25, -0.2) is 4.90 Å². The number of fused-ring (bicyclic) bond motifs is 5. The van der Waals surface area contributed by atoms with Gasteiger partial charge < -0.3 is 4.74 Å². The summed E-state index contributed by atoms with van der Waals surface area (Å²) in [6.45, 7) is 3.62. The number of benzene rings is 1. The van der Waals surface area contributed by atoms with Crippen molar-refractivity contribution in [2.75, 3.05) is 4.90 Å². The monoisotopic (exact) mass is 339 g/mol. The van der Waals surface area contributed by atoms with Gasteiger partial charge in [-0.05, 0) is 44.9 Å². The van der Waals surface area contributed by atoms with Crippen LogP contribution in [0, 0.1) is 11.8 Å². The molecular formula is C17H16F3NO3. The number of hydrogen-bond acceptors (Lipinski definition) is 3. The molecule has 3 fully saturated rings. The van der Waals surface area contributed by atoms with Gasteiger partial charge in [0.1, 0.15) is 0 Å². The molecule has 3 heterocycles. The standard InChI is InChI=1S/C17H16F3NO3/c1-15-6-7-16(2,24-15)12-11(15)13(22)21(14(12)23)10-5-3-4-9(8-10)17(18,19)20/h3-5,8,11-12H,6-7H2,1-2H3/t11-,12?,15+,16?/m0/s1. The highest BCUT2D eigenvalue weighted by Crippen LogP contribution is 2.60. The van der Waals surface area contributed by atoms with Crippen molar-refractivity contribution in [2.45, 2.75) is 44.1 Å². The van der Waals surface area contributed by atoms with Gasteiger partial charge in [0.25, 0.3) is 0 Å². The van der Waals surface area contributed by atoms with Gasteiger partial charge >= 0.3 is 6.18 Å². The van der Waals surface area contributed by atoms with E-state index in [0.29, 0.717) is 12.8 Å². The lowest BCUT2D eigenvalue weighted by molar-refractivity contribution is -0.138. The second-order valence-electron chi connectivity index (χ2n) is 7.24. The van der Waals surface area contributed by atoms with Crippen LogP contribution in [0.4, 0.5) is 18.9 Å². The highest BCUT2D eigenvalue weighted by atomic mass is 19.4. The average Bonchev–Trinajstić information content (AvgIpc) is 3.03. The maximum Gasteiger partial charge on any atom is 0.416 e. The van der Waals surface area contributed by atoms with Crippen molar-refractivity contribution in [1.82, 2.24) is 0 Å². The van der Waals surface area contributed by atoms with Crippen LogP contribution in [-0.4, -0.2) is 23.0 Å². The molecule has 2 unspecified atom stereocenters. The molecule has 128 valence electrons. The van der Waals surface area contributed by atoms with Crippen LogP contribution in [0.25, 0.3) is 0 Å². The molecule has 2 amide bonds. The fraction of sp³-hybridized carbons (Fsp3) is 0.529. The summed E-state index contributed by atoms with van der Waals surface area (Å²) in [5.74, 6) is -2.18. The Hall–Kier alpha value is -1.89. The zero-order valence-electron chi connectivity index (χ0n) is 13.2. The normalized spacial score (nSPS) is 38.1. The van der Waals surface area contributed by atoms with Gasteiger partial charge in [0, 0.05) is 0 Å². The summed E-state index contributed by atoms with van der Waals surface area (Å²) in [6, 6.07) is 4.34. The van der Waals surface area contributed by atoms with Crippen molar-refractivity contribution >= 4 is 17.5 Å². The molecule has 0 spiro atoms. The van der Waals surface area contributed by atoms with E-state index in [1.54, 1.807) is 0 Å². The lowest BCUT2D eigenvalue weighted by Gasteiger charge is -2.27. The predicted molar refractivity (Wildman–Crippen MR) is 78.0 cm³/mol. The molecule has 4 atom stereocenters. The Balaban J connectivity index is 1.77. The number of halogens is 3. The van der Waals surface area contributed by atoms with Crippen LogP contribution in [0.1, 0.15) is 32.3 Å². The number of alkyl halides is 3. The second kappa shape index (κ2) is 4.39. The molecule has 0 radical (unpaired) electrons. The molecule has 7 heteroatoms. The summed E-state index contributed by atoms with van der Waals surface area (Å²) in [7, 11) is 0. The summed E-state index contributed by atoms with van der Waals surface area (Å²) >= 11 is 0. The Morgan fingerprint density at radius 1 is 1.08 bits per heavy atom. The van der Waals surface area contributed by atoms with Crippen LogP contribution < -0.4 is 4.90 Å². The van der Waals surface area contributed by atoms with Crippen molar-refractivity contribution < 1.29 is 27.5 Å². The molecule has 4 nitrogen and oxygen atoms in total. The number of ether oxygens (including phenoxy) is 1. The Morgan fingerprint density at radius 3 is 2.12 bits per heavy atom. The summed E-state index contributed by atoms with van der Waals surface area (Å²) in [5, 5.41) is 0. The lowest BCUT2D eigenvalue weighted by Crippen LogP contribution is -2.40. The zero-order chi connectivity index (χ0) is 17.5. The van der Waals surface area contributed by atoms with Crippen LogP contribution in [-0.2, 0) is 20.5 Å². The van der Waals surface area contributed by atoms with E-state index in [-0.39, 0.29) is 5.69 Å². The predicted octanol–water partition coefficient (Wildman–Crippen LogP) is 3.15. The lowest BCUT2D eigenvalue weighted by atomic mass is 9.69. The number of rotatable bonds is 1. The van der Waals surface area contributed by atoms with E-state index < -0.39 is 46.6 Å². The van der Waals surface area contributed by atoms with Gasteiger partial charge in [-0.2, -0.15) is 13.2 Å². The Labute approximate surface area is 136 Å². The summed E-state index contributed by atoms with van der Waals surface area (Å²) in [4.78, 5) is 26.6. The molecule has 24 heavy (non-hydrogen) atoms. The molecule has 0 aromatic heterocycles. The maximum atomic E-state index is 12.9. The molecule has 0 N–H and O–H groups in total. The summed E-state index contributed by atoms with van der Waals surface area (Å²) in [6.07, 6.45) is -3.20. The number of carbonyl (C=O) groups is 2. The molecule has 4 rings (SSSR count). The van der Waals surface area contributed by atoms with Gasteiger partial charge in [-0.3, -0.25) is 9.59 Å². The number of carbonyl (C=O) groups excluding carboxylic acids is 2. The van der Waals surface area contributed by atoms with E-state index in [1.165, 1.54) is 12.1 Å². The average molecular weight is 339 g/mol. The highest BCUT2D eigenvalue weighted by Gasteiger charge is 2.72. The minimum Gasteiger partial charge on any atom is -0.367 e. The highest BCUT2D eigenvalue weighted by molar-refractivity contribution is 6.23. The Bertz CT molecular complexity index is 728. The van der Waals surface area contributed by atoms with Crippen molar-refractivity contribution in [3.63, 3.8) is 0 Å². The number of anilines is 1. The maximum absolute atomic E-state index is 12.9. The van der Waals surface area contributed by atoms with Crippen LogP contribution in [0.15, 0.2) is 24.3 Å². The van der Waals surface area contributed by atoms with Crippen LogP contribution in [0.3, 0.4) is 0 Å². The Kier molecular flexibility index (Phi) is 2.86. The molecular weight excluding hydrogens is 323 g/mol. The summed E-state index contributed by atoms with van der Waals surface area (Å²) < 4.78 is 44.8. The molecule has 0 aliphatic carbocycles. The first kappa shape index (κ1) is 15.6. The van der Waals surface area contributed by atoms with E-state index in [4.69, 9.17) is 4.74 Å². The zero-order valence-corrected chi connectivity index (χ0v) is 13.2. The first-order chi connectivity index (χ1) is 11.1. The molecule has 3 aliphatic rings. The topological polar surface area (TPSA) is 46.6 Å². The Morgan fingerprint density at radius 2 is 1.62 bits per heavy atom. The third-order valence-electron chi connectivity index (χ3n) is 5.64. The molecule has 3 aliphatic heterocycles. The summed E-state index contributed by atoms with van der Waals surface area (Å²) in [5.41, 5.74) is -2.35. The third-order valence-corrected chi connectivity index (χ3v) is 5.64. The van der Waals surface area contributed by atoms with Crippen LogP contribution >= 0.6 is 0 Å². The fourth-order valence-electron chi connectivity index (χ4n) is 4.54. The van der Waals surface area contributed by atoms with E-state index in [2.05, 4.69) is 0 Å². The van der Waals surface area contributed by atoms with Crippen molar-refractivity contribution in [3.05, 3.63) is 29.8 Å². The van der Waals surface area contributed by atoms with Crippen molar-refractivity contribution in [1.29, 1.82) is 0 Å². The SMILES string of the molecule is CC12CC[C@@](C)(O1)[C@@H]1C(=O)N(c3cccc(C(F)(F)F)c3)C(=O)C12. The largest absolute Gasteiger partial charge is 0.416 e. The molecule has 2 bridgehead atoms. The van der Waals surface area contributed by atoms with Gasteiger partial charge in [-0.1, -0.05) is 6.07 Å². The number of hydrogen-bond donors (Lipinski definition) is 0. The molecule has 1 aromatic carbocycles.